The largest absolute Gasteiger partial charge is 0.0848 e. The van der Waals surface area contributed by atoms with Crippen molar-refractivity contribution in [3.05, 3.63) is 18.1 Å². The fraction of sp³-hybridized carbons (Fsp3) is 0.769. The van der Waals surface area contributed by atoms with Crippen molar-refractivity contribution in [1.29, 1.82) is 0 Å². The van der Waals surface area contributed by atoms with Crippen LogP contribution in [0.1, 0.15) is 34.1 Å². The highest BCUT2D eigenvalue weighted by Crippen LogP contribution is 2.54. The average molecular weight is 177 g/mol. The van der Waals surface area contributed by atoms with E-state index in [9.17, 15) is 0 Å². The van der Waals surface area contributed by atoms with Gasteiger partial charge in [-0.1, -0.05) is 39.8 Å². The first-order valence-electron chi connectivity index (χ1n) is 5.66. The molecule has 73 valence electrons. The Labute approximate surface area is 82.4 Å². The molecule has 0 heterocycles. The minimum atomic E-state index is 0.785. The second-order valence-corrected chi connectivity index (χ2v) is 5.32. The first kappa shape index (κ1) is 9.30. The van der Waals surface area contributed by atoms with Gasteiger partial charge in [-0.2, -0.15) is 0 Å². The van der Waals surface area contributed by atoms with Crippen LogP contribution in [0.4, 0.5) is 0 Å². The van der Waals surface area contributed by atoms with Crippen LogP contribution in [0.3, 0.4) is 0 Å². The first-order chi connectivity index (χ1) is 6.11. The van der Waals surface area contributed by atoms with E-state index in [-0.39, 0.29) is 0 Å². The van der Waals surface area contributed by atoms with Gasteiger partial charge >= 0.3 is 0 Å². The first-order valence-corrected chi connectivity index (χ1v) is 5.66. The monoisotopic (exact) mass is 177 g/mol. The van der Waals surface area contributed by atoms with E-state index >= 15 is 0 Å². The normalized spacial score (nSPS) is 38.5. The lowest BCUT2D eigenvalue weighted by Gasteiger charge is -2.33. The van der Waals surface area contributed by atoms with Crippen LogP contribution < -0.4 is 0 Å². The molecule has 0 spiro atoms. The lowest BCUT2D eigenvalue weighted by Crippen LogP contribution is -2.26. The van der Waals surface area contributed by atoms with E-state index in [1.54, 1.807) is 0 Å². The summed E-state index contributed by atoms with van der Waals surface area (Å²) in [4.78, 5) is 0. The van der Waals surface area contributed by atoms with E-state index in [1.165, 1.54) is 6.42 Å². The van der Waals surface area contributed by atoms with Crippen molar-refractivity contribution in [3.63, 3.8) is 0 Å². The van der Waals surface area contributed by atoms with Gasteiger partial charge in [-0.05, 0) is 41.9 Å². The molecular formula is C13H21. The maximum Gasteiger partial charge on any atom is -0.0108 e. The maximum atomic E-state index is 2.46. The van der Waals surface area contributed by atoms with E-state index in [0.717, 1.165) is 29.6 Å². The Balaban J connectivity index is 2.20. The fourth-order valence-corrected chi connectivity index (χ4v) is 3.43. The van der Waals surface area contributed by atoms with Crippen molar-refractivity contribution >= 4 is 0 Å². The zero-order chi connectivity index (χ0) is 9.59. The number of hydrogen-bond acceptors (Lipinski definition) is 0. The molecule has 0 aliphatic heterocycles. The number of rotatable bonds is 2. The summed E-state index contributed by atoms with van der Waals surface area (Å²) < 4.78 is 0. The van der Waals surface area contributed by atoms with E-state index in [4.69, 9.17) is 0 Å². The third kappa shape index (κ3) is 1.35. The van der Waals surface area contributed by atoms with E-state index in [2.05, 4.69) is 39.8 Å². The average Bonchev–Trinajstić information content (AvgIpc) is 2.60. The Morgan fingerprint density at radius 1 is 1.15 bits per heavy atom. The summed E-state index contributed by atoms with van der Waals surface area (Å²) in [5.74, 6) is 6.04. The van der Waals surface area contributed by atoms with Gasteiger partial charge in [-0.25, -0.2) is 0 Å². The molecule has 0 aromatic heterocycles. The molecule has 0 aromatic carbocycles. The second kappa shape index (κ2) is 3.15. The molecule has 2 rings (SSSR count). The Morgan fingerprint density at radius 2 is 1.85 bits per heavy atom. The summed E-state index contributed by atoms with van der Waals surface area (Å²) in [5.41, 5.74) is 0. The SMILES string of the molecule is CC(C)[C]1C2C=CC(C2)C1C(C)C. The molecule has 1 radical (unpaired) electrons. The van der Waals surface area contributed by atoms with Crippen molar-refractivity contribution in [2.24, 2.45) is 29.6 Å². The van der Waals surface area contributed by atoms with Gasteiger partial charge in [0.15, 0.2) is 0 Å². The molecule has 3 unspecified atom stereocenters. The number of allylic oxidation sites excluding steroid dienone is 2. The van der Waals surface area contributed by atoms with Gasteiger partial charge < -0.3 is 0 Å². The lowest BCUT2D eigenvalue weighted by atomic mass is 9.71. The summed E-state index contributed by atoms with van der Waals surface area (Å²) in [6.07, 6.45) is 6.32. The van der Waals surface area contributed by atoms with E-state index < -0.39 is 0 Å². The van der Waals surface area contributed by atoms with Crippen LogP contribution in [0.2, 0.25) is 0 Å². The number of hydrogen-bond donors (Lipinski definition) is 0. The minimum Gasteiger partial charge on any atom is -0.0848 e. The summed E-state index contributed by atoms with van der Waals surface area (Å²) in [7, 11) is 0. The van der Waals surface area contributed by atoms with Crippen molar-refractivity contribution in [1.82, 2.24) is 0 Å². The standard InChI is InChI=1S/C13H21/c1-8(2)12-10-5-6-11(7-10)13(12)9(3)4/h5-6,8-12H,7H2,1-4H3. The van der Waals surface area contributed by atoms with Crippen LogP contribution in [0, 0.1) is 35.5 Å². The molecule has 0 saturated heterocycles. The minimum absolute atomic E-state index is 0.785. The molecule has 0 aromatic rings. The highest BCUT2D eigenvalue weighted by Gasteiger charge is 2.46. The maximum absolute atomic E-state index is 2.46. The Morgan fingerprint density at radius 3 is 2.31 bits per heavy atom. The summed E-state index contributed by atoms with van der Waals surface area (Å²) in [6.45, 7) is 9.47. The molecule has 2 aliphatic carbocycles. The van der Waals surface area contributed by atoms with Crippen molar-refractivity contribution < 1.29 is 0 Å². The molecule has 1 fully saturated rings. The molecule has 0 N–H and O–H groups in total. The van der Waals surface area contributed by atoms with Gasteiger partial charge in [-0.3, -0.25) is 0 Å². The number of fused-ring (bicyclic) bond motifs is 2. The van der Waals surface area contributed by atoms with Crippen LogP contribution >= 0.6 is 0 Å². The zero-order valence-corrected chi connectivity index (χ0v) is 9.25. The summed E-state index contributed by atoms with van der Waals surface area (Å²) in [6, 6.07) is 0. The van der Waals surface area contributed by atoms with E-state index in [1.807, 2.05) is 5.92 Å². The molecule has 13 heavy (non-hydrogen) atoms. The lowest BCUT2D eigenvalue weighted by molar-refractivity contribution is 0.320. The van der Waals surface area contributed by atoms with Crippen LogP contribution in [-0.2, 0) is 0 Å². The topological polar surface area (TPSA) is 0 Å². The summed E-state index contributed by atoms with van der Waals surface area (Å²) >= 11 is 0. The highest BCUT2D eigenvalue weighted by atomic mass is 14.5. The molecule has 0 nitrogen and oxygen atoms in total. The second-order valence-electron chi connectivity index (χ2n) is 5.32. The molecule has 3 atom stereocenters. The quantitative estimate of drug-likeness (QED) is 0.564. The molecule has 2 aliphatic rings. The predicted octanol–water partition coefficient (Wildman–Crippen LogP) is 3.69. The van der Waals surface area contributed by atoms with Gasteiger partial charge in [0.1, 0.15) is 0 Å². The molecule has 1 saturated carbocycles. The fourth-order valence-electron chi connectivity index (χ4n) is 3.43. The van der Waals surface area contributed by atoms with Gasteiger partial charge in [0.2, 0.25) is 0 Å². The molecule has 2 bridgehead atoms. The van der Waals surface area contributed by atoms with Gasteiger partial charge in [0.05, 0.1) is 0 Å². The highest BCUT2D eigenvalue weighted by molar-refractivity contribution is 5.27. The smallest absolute Gasteiger partial charge is 0.0108 e. The van der Waals surface area contributed by atoms with Gasteiger partial charge in [-0.15, -0.1) is 0 Å². The van der Waals surface area contributed by atoms with Crippen LogP contribution in [0.25, 0.3) is 0 Å². The summed E-state index contributed by atoms with van der Waals surface area (Å²) in [5, 5.41) is 0. The van der Waals surface area contributed by atoms with Crippen molar-refractivity contribution in [2.75, 3.05) is 0 Å². The molecule has 0 heteroatoms. The molecular weight excluding hydrogens is 156 g/mol. The van der Waals surface area contributed by atoms with Gasteiger partial charge in [0.25, 0.3) is 0 Å². The van der Waals surface area contributed by atoms with Crippen molar-refractivity contribution in [2.45, 2.75) is 34.1 Å². The third-order valence-corrected chi connectivity index (χ3v) is 3.78. The third-order valence-electron chi connectivity index (χ3n) is 3.78. The Kier molecular flexibility index (Phi) is 2.25. The Bertz CT molecular complexity index is 190. The van der Waals surface area contributed by atoms with E-state index in [0.29, 0.717) is 0 Å². The van der Waals surface area contributed by atoms with Crippen molar-refractivity contribution in [3.8, 4) is 0 Å². The van der Waals surface area contributed by atoms with Gasteiger partial charge in [0, 0.05) is 0 Å². The van der Waals surface area contributed by atoms with Crippen LogP contribution in [0.15, 0.2) is 12.2 Å². The predicted molar refractivity (Wildman–Crippen MR) is 57.1 cm³/mol. The van der Waals surface area contributed by atoms with Crippen LogP contribution in [0.5, 0.6) is 0 Å². The molecule has 0 amide bonds. The van der Waals surface area contributed by atoms with Crippen LogP contribution in [-0.4, -0.2) is 0 Å². The zero-order valence-electron chi connectivity index (χ0n) is 9.25. The Hall–Kier alpha value is -0.260.